The lowest BCUT2D eigenvalue weighted by atomic mass is 10.3. The van der Waals surface area contributed by atoms with Crippen molar-refractivity contribution >= 4 is 29.3 Å². The number of anilines is 1. The van der Waals surface area contributed by atoms with Gasteiger partial charge < -0.3 is 16.0 Å². The number of aliphatic imine (C=N–C) groups is 1. The van der Waals surface area contributed by atoms with Gasteiger partial charge in [-0.2, -0.15) is 0 Å². The highest BCUT2D eigenvalue weighted by molar-refractivity contribution is 7.99. The minimum Gasteiger partial charge on any atom is -0.356 e. The molecule has 0 radical (unpaired) electrons. The maximum Gasteiger partial charge on any atom is 0.243 e. The monoisotopic (exact) mass is 342 g/mol. The van der Waals surface area contributed by atoms with Crippen LogP contribution >= 0.6 is 11.8 Å². The number of carbonyl (C=O) groups is 1. The van der Waals surface area contributed by atoms with E-state index in [1.165, 1.54) is 4.90 Å². The summed E-state index contributed by atoms with van der Waals surface area (Å²) in [6.45, 7) is 0.930. The molecule has 1 amide bonds. The van der Waals surface area contributed by atoms with Gasteiger partial charge >= 0.3 is 0 Å². The van der Waals surface area contributed by atoms with Crippen LogP contribution in [-0.4, -0.2) is 37.8 Å². The van der Waals surface area contributed by atoms with Crippen LogP contribution in [0.2, 0.25) is 0 Å². The smallest absolute Gasteiger partial charge is 0.243 e. The molecule has 0 aliphatic heterocycles. The van der Waals surface area contributed by atoms with Gasteiger partial charge in [0.1, 0.15) is 0 Å². The Balaban J connectivity index is 1.64. The first-order valence-corrected chi connectivity index (χ1v) is 8.74. The van der Waals surface area contributed by atoms with E-state index in [9.17, 15) is 4.79 Å². The Labute approximate surface area is 147 Å². The summed E-state index contributed by atoms with van der Waals surface area (Å²) >= 11 is 1.77. The number of hydrogen-bond acceptors (Lipinski definition) is 3. The highest BCUT2D eigenvalue weighted by atomic mass is 32.2. The number of thioether (sulfide) groups is 1. The zero-order valence-corrected chi connectivity index (χ0v) is 14.5. The summed E-state index contributed by atoms with van der Waals surface area (Å²) in [5.74, 6) is 1.43. The van der Waals surface area contributed by atoms with E-state index in [1.807, 2.05) is 48.5 Å². The van der Waals surface area contributed by atoms with Crippen molar-refractivity contribution in [1.82, 2.24) is 10.6 Å². The molecule has 0 aliphatic carbocycles. The molecule has 5 nitrogen and oxygen atoms in total. The minimum absolute atomic E-state index is 0.109. The third-order valence-electron chi connectivity index (χ3n) is 3.10. The number of benzene rings is 2. The average molecular weight is 342 g/mol. The standard InChI is InChI=1S/C18H22N4OS/c1-19-18(20-12-13-24-16-10-6-3-7-11-16)21-14-17(23)22-15-8-4-2-5-9-15/h2-11H,12-14H2,1H3,(H,22,23)(H2,19,20,21). The number of para-hydroxylation sites is 1. The second-order valence-electron chi connectivity index (χ2n) is 4.93. The summed E-state index contributed by atoms with van der Waals surface area (Å²) in [6, 6.07) is 19.6. The third kappa shape index (κ3) is 6.75. The molecule has 6 heteroatoms. The van der Waals surface area contributed by atoms with Gasteiger partial charge in [-0.3, -0.25) is 9.79 Å². The van der Waals surface area contributed by atoms with Crippen molar-refractivity contribution in [2.75, 3.05) is 31.2 Å². The van der Waals surface area contributed by atoms with E-state index >= 15 is 0 Å². The predicted octanol–water partition coefficient (Wildman–Crippen LogP) is 2.58. The third-order valence-corrected chi connectivity index (χ3v) is 4.12. The van der Waals surface area contributed by atoms with E-state index in [-0.39, 0.29) is 12.5 Å². The maximum absolute atomic E-state index is 11.9. The molecule has 0 spiro atoms. The lowest BCUT2D eigenvalue weighted by Gasteiger charge is -2.12. The number of nitrogens with one attached hydrogen (secondary N) is 3. The van der Waals surface area contributed by atoms with Gasteiger partial charge in [-0.1, -0.05) is 36.4 Å². The van der Waals surface area contributed by atoms with Crippen LogP contribution in [-0.2, 0) is 4.79 Å². The Bertz CT molecular complexity index is 647. The van der Waals surface area contributed by atoms with Gasteiger partial charge in [0.2, 0.25) is 5.91 Å². The van der Waals surface area contributed by atoms with E-state index in [1.54, 1.807) is 18.8 Å². The molecule has 0 aromatic heterocycles. The molecule has 0 atom stereocenters. The number of nitrogens with zero attached hydrogens (tertiary/aromatic N) is 1. The molecule has 2 aromatic carbocycles. The predicted molar refractivity (Wildman–Crippen MR) is 102 cm³/mol. The largest absolute Gasteiger partial charge is 0.356 e. The molecule has 0 heterocycles. The highest BCUT2D eigenvalue weighted by Gasteiger charge is 2.04. The van der Waals surface area contributed by atoms with E-state index in [2.05, 4.69) is 33.1 Å². The van der Waals surface area contributed by atoms with Crippen LogP contribution < -0.4 is 16.0 Å². The normalized spacial score (nSPS) is 11.0. The SMILES string of the molecule is CN=C(NCCSc1ccccc1)NCC(=O)Nc1ccccc1. The van der Waals surface area contributed by atoms with Gasteiger partial charge in [-0.05, 0) is 24.3 Å². The zero-order chi connectivity index (χ0) is 17.0. The van der Waals surface area contributed by atoms with Gasteiger partial charge in [0.15, 0.2) is 5.96 Å². The summed E-state index contributed by atoms with van der Waals surface area (Å²) in [5, 5.41) is 9.02. The van der Waals surface area contributed by atoms with E-state index < -0.39 is 0 Å². The van der Waals surface area contributed by atoms with Crippen LogP contribution in [0.4, 0.5) is 5.69 Å². The Morgan fingerprint density at radius 2 is 1.67 bits per heavy atom. The maximum atomic E-state index is 11.9. The first kappa shape index (κ1) is 17.9. The van der Waals surface area contributed by atoms with E-state index in [0.29, 0.717) is 5.96 Å². The van der Waals surface area contributed by atoms with Crippen molar-refractivity contribution < 1.29 is 4.79 Å². The molecule has 24 heavy (non-hydrogen) atoms. The zero-order valence-electron chi connectivity index (χ0n) is 13.7. The first-order chi connectivity index (χ1) is 11.8. The molecule has 0 unspecified atom stereocenters. The summed E-state index contributed by atoms with van der Waals surface area (Å²) in [7, 11) is 1.69. The second-order valence-corrected chi connectivity index (χ2v) is 6.10. The van der Waals surface area contributed by atoms with Crippen molar-refractivity contribution in [3.8, 4) is 0 Å². The lowest BCUT2D eigenvalue weighted by molar-refractivity contribution is -0.115. The van der Waals surface area contributed by atoms with Crippen LogP contribution in [0.3, 0.4) is 0 Å². The fourth-order valence-corrected chi connectivity index (χ4v) is 2.76. The quantitative estimate of drug-likeness (QED) is 0.313. The van der Waals surface area contributed by atoms with Crippen molar-refractivity contribution in [3.63, 3.8) is 0 Å². The molecule has 0 saturated heterocycles. The molecule has 0 fully saturated rings. The van der Waals surface area contributed by atoms with Gasteiger partial charge in [-0.25, -0.2) is 0 Å². The van der Waals surface area contributed by atoms with E-state index in [0.717, 1.165) is 18.0 Å². The van der Waals surface area contributed by atoms with Crippen LogP contribution in [0.25, 0.3) is 0 Å². The van der Waals surface area contributed by atoms with Gasteiger partial charge in [-0.15, -0.1) is 11.8 Å². The molecule has 0 saturated carbocycles. The van der Waals surface area contributed by atoms with E-state index in [4.69, 9.17) is 0 Å². The fraction of sp³-hybridized carbons (Fsp3) is 0.222. The topological polar surface area (TPSA) is 65.5 Å². The number of carbonyl (C=O) groups excluding carboxylic acids is 1. The van der Waals surface area contributed by atoms with Crippen LogP contribution in [0, 0.1) is 0 Å². The molecular weight excluding hydrogens is 320 g/mol. The minimum atomic E-state index is -0.109. The fourth-order valence-electron chi connectivity index (χ4n) is 1.97. The van der Waals surface area contributed by atoms with Gasteiger partial charge in [0.05, 0.1) is 6.54 Å². The van der Waals surface area contributed by atoms with Crippen LogP contribution in [0.15, 0.2) is 70.6 Å². The number of rotatable bonds is 7. The molecule has 0 bridgehead atoms. The molecule has 2 aromatic rings. The number of amides is 1. The van der Waals surface area contributed by atoms with Gasteiger partial charge in [0.25, 0.3) is 0 Å². The van der Waals surface area contributed by atoms with Crippen LogP contribution in [0.5, 0.6) is 0 Å². The Hall–Kier alpha value is -2.47. The molecule has 0 aliphatic rings. The van der Waals surface area contributed by atoms with Crippen molar-refractivity contribution in [2.24, 2.45) is 4.99 Å². The molecule has 126 valence electrons. The van der Waals surface area contributed by atoms with Gasteiger partial charge in [0, 0.05) is 29.9 Å². The second kappa shape index (κ2) is 10.3. The van der Waals surface area contributed by atoms with Crippen molar-refractivity contribution in [1.29, 1.82) is 0 Å². The first-order valence-electron chi connectivity index (χ1n) is 7.75. The van der Waals surface area contributed by atoms with Crippen molar-refractivity contribution in [3.05, 3.63) is 60.7 Å². The average Bonchev–Trinajstić information content (AvgIpc) is 2.63. The Morgan fingerprint density at radius 1 is 1.00 bits per heavy atom. The highest BCUT2D eigenvalue weighted by Crippen LogP contribution is 2.15. The summed E-state index contributed by atoms with van der Waals surface area (Å²) in [5.41, 5.74) is 0.784. The number of guanidine groups is 1. The Kier molecular flexibility index (Phi) is 7.70. The molecule has 3 N–H and O–H groups in total. The summed E-state index contributed by atoms with van der Waals surface area (Å²) < 4.78 is 0. The lowest BCUT2D eigenvalue weighted by Crippen LogP contribution is -2.42. The summed E-state index contributed by atoms with van der Waals surface area (Å²) in [6.07, 6.45) is 0. The van der Waals surface area contributed by atoms with Crippen molar-refractivity contribution in [2.45, 2.75) is 4.90 Å². The molecule has 2 rings (SSSR count). The Morgan fingerprint density at radius 3 is 2.33 bits per heavy atom. The summed E-state index contributed by atoms with van der Waals surface area (Å²) in [4.78, 5) is 17.2. The van der Waals surface area contributed by atoms with Crippen LogP contribution in [0.1, 0.15) is 0 Å². The number of hydrogen-bond donors (Lipinski definition) is 3. The molecular formula is C18H22N4OS.